The molecule has 274 valence electrons. The number of nitrogens with zero attached hydrogens (tertiary/aromatic N) is 1. The number of piperidine rings is 1. The predicted molar refractivity (Wildman–Crippen MR) is 188 cm³/mol. The minimum atomic E-state index is -1.02. The van der Waals surface area contributed by atoms with Crippen LogP contribution in [0.3, 0.4) is 0 Å². The summed E-state index contributed by atoms with van der Waals surface area (Å²) in [6.45, 7) is 3.90. The van der Waals surface area contributed by atoms with Crippen molar-refractivity contribution in [1.29, 1.82) is 0 Å². The minimum absolute atomic E-state index is 0.0137. The van der Waals surface area contributed by atoms with E-state index in [1.54, 1.807) is 18.2 Å². The Morgan fingerprint density at radius 1 is 0.692 bits per heavy atom. The van der Waals surface area contributed by atoms with Crippen molar-refractivity contribution >= 4 is 35.4 Å². The van der Waals surface area contributed by atoms with Gasteiger partial charge in [-0.15, -0.1) is 0 Å². The molecule has 0 saturated carbocycles. The SMILES string of the molecule is O=C1CCC(N2C(=O)c3cccc(NCCOCCOCCOCCOCCNC(=O)OCC4c5ccccc5-c5ccccc54)c3C2=O)C(=O)N1. The van der Waals surface area contributed by atoms with Gasteiger partial charge in [0.15, 0.2) is 0 Å². The number of nitrogens with one attached hydrogen (secondary N) is 3. The molecule has 1 aliphatic carbocycles. The highest BCUT2D eigenvalue weighted by Crippen LogP contribution is 2.44. The second-order valence-electron chi connectivity index (χ2n) is 12.3. The van der Waals surface area contributed by atoms with E-state index in [0.717, 1.165) is 4.90 Å². The average Bonchev–Trinajstić information content (AvgIpc) is 3.61. The maximum Gasteiger partial charge on any atom is 0.407 e. The Bertz CT molecular complexity index is 1740. The van der Waals surface area contributed by atoms with Crippen LogP contribution < -0.4 is 16.0 Å². The highest BCUT2D eigenvalue weighted by Gasteiger charge is 2.45. The van der Waals surface area contributed by atoms with Crippen molar-refractivity contribution < 1.29 is 47.7 Å². The third kappa shape index (κ3) is 8.65. The van der Waals surface area contributed by atoms with Gasteiger partial charge in [0.05, 0.1) is 64.0 Å². The van der Waals surface area contributed by atoms with Gasteiger partial charge in [-0.05, 0) is 40.8 Å². The van der Waals surface area contributed by atoms with Crippen molar-refractivity contribution in [3.8, 4) is 11.1 Å². The summed E-state index contributed by atoms with van der Waals surface area (Å²) < 4.78 is 27.7. The lowest BCUT2D eigenvalue weighted by Crippen LogP contribution is -2.54. The molecule has 1 fully saturated rings. The Morgan fingerprint density at radius 3 is 1.90 bits per heavy atom. The van der Waals surface area contributed by atoms with Gasteiger partial charge in [-0.25, -0.2) is 4.79 Å². The van der Waals surface area contributed by atoms with Crippen LogP contribution in [0.25, 0.3) is 11.1 Å². The molecule has 2 aliphatic heterocycles. The number of alkyl carbamates (subject to hydrolysis) is 1. The van der Waals surface area contributed by atoms with E-state index in [-0.39, 0.29) is 36.5 Å². The summed E-state index contributed by atoms with van der Waals surface area (Å²) in [6, 6.07) is 20.3. The van der Waals surface area contributed by atoms with E-state index in [0.29, 0.717) is 71.6 Å². The minimum Gasteiger partial charge on any atom is -0.449 e. The summed E-state index contributed by atoms with van der Waals surface area (Å²) in [4.78, 5) is 63.1. The standard InChI is InChI=1S/C38H42N4O10/c43-33-13-12-32(35(44)41-33)42-36(45)29-10-5-11-31(34(29)37(42)46)39-14-16-48-18-20-50-22-23-51-21-19-49-17-15-40-38(47)52-24-30-27-8-3-1-6-25(27)26-7-2-4-9-28(26)30/h1-11,30,32,39H,12-24H2,(H,40,47)(H,41,43,44). The molecule has 52 heavy (non-hydrogen) atoms. The lowest BCUT2D eigenvalue weighted by atomic mass is 9.98. The molecule has 1 atom stereocenters. The predicted octanol–water partition coefficient (Wildman–Crippen LogP) is 3.10. The summed E-state index contributed by atoms with van der Waals surface area (Å²) in [7, 11) is 0. The molecule has 0 aromatic heterocycles. The van der Waals surface area contributed by atoms with Crippen LogP contribution in [0.1, 0.15) is 50.6 Å². The van der Waals surface area contributed by atoms with Crippen molar-refractivity contribution in [2.24, 2.45) is 0 Å². The number of benzene rings is 3. The monoisotopic (exact) mass is 714 g/mol. The first-order valence-electron chi connectivity index (χ1n) is 17.4. The third-order valence-electron chi connectivity index (χ3n) is 9.01. The molecule has 2 heterocycles. The van der Waals surface area contributed by atoms with E-state index in [9.17, 15) is 24.0 Å². The smallest absolute Gasteiger partial charge is 0.407 e. The number of carbonyl (C=O) groups is 5. The summed E-state index contributed by atoms with van der Waals surface area (Å²) >= 11 is 0. The number of carbonyl (C=O) groups excluding carboxylic acids is 5. The number of amides is 5. The molecule has 3 N–H and O–H groups in total. The van der Waals surface area contributed by atoms with Gasteiger partial charge in [0.1, 0.15) is 12.6 Å². The van der Waals surface area contributed by atoms with Crippen LogP contribution in [-0.2, 0) is 33.3 Å². The first-order chi connectivity index (χ1) is 25.4. The molecule has 3 aromatic carbocycles. The molecule has 1 unspecified atom stereocenters. The quantitative estimate of drug-likeness (QED) is 0.123. The normalized spacial score (nSPS) is 16.4. The number of rotatable bonds is 19. The van der Waals surface area contributed by atoms with Gasteiger partial charge in [-0.1, -0.05) is 54.6 Å². The summed E-state index contributed by atoms with van der Waals surface area (Å²) in [5, 5.41) is 8.05. The van der Waals surface area contributed by atoms with Crippen molar-refractivity contribution in [3.63, 3.8) is 0 Å². The van der Waals surface area contributed by atoms with Gasteiger partial charge in [0.2, 0.25) is 11.8 Å². The first kappa shape index (κ1) is 36.6. The summed E-state index contributed by atoms with van der Waals surface area (Å²) in [6.07, 6.45) is -0.317. The molecule has 1 saturated heterocycles. The molecule has 0 radical (unpaired) electrons. The lowest BCUT2D eigenvalue weighted by molar-refractivity contribution is -0.136. The van der Waals surface area contributed by atoms with Crippen LogP contribution in [0.15, 0.2) is 66.7 Å². The zero-order chi connectivity index (χ0) is 36.3. The van der Waals surface area contributed by atoms with E-state index in [4.69, 9.17) is 23.7 Å². The lowest BCUT2D eigenvalue weighted by Gasteiger charge is -2.27. The number of hydrogen-bond donors (Lipinski definition) is 3. The van der Waals surface area contributed by atoms with E-state index in [1.807, 2.05) is 24.3 Å². The number of imide groups is 2. The molecule has 14 heteroatoms. The molecule has 14 nitrogen and oxygen atoms in total. The van der Waals surface area contributed by atoms with Crippen LogP contribution in [-0.4, -0.2) is 113 Å². The Morgan fingerprint density at radius 2 is 1.27 bits per heavy atom. The second-order valence-corrected chi connectivity index (χ2v) is 12.3. The molecule has 6 rings (SSSR count). The molecule has 0 bridgehead atoms. The van der Waals surface area contributed by atoms with Crippen LogP contribution in [0.5, 0.6) is 0 Å². The number of hydrogen-bond acceptors (Lipinski definition) is 11. The largest absolute Gasteiger partial charge is 0.449 e. The maximum atomic E-state index is 13.2. The highest BCUT2D eigenvalue weighted by molar-refractivity contribution is 6.25. The van der Waals surface area contributed by atoms with Crippen molar-refractivity contribution in [2.75, 3.05) is 77.9 Å². The number of fused-ring (bicyclic) bond motifs is 4. The molecule has 5 amide bonds. The Kier molecular flexibility index (Phi) is 12.6. The summed E-state index contributed by atoms with van der Waals surface area (Å²) in [5.41, 5.74) is 5.59. The summed E-state index contributed by atoms with van der Waals surface area (Å²) in [5.74, 6) is -2.17. The van der Waals surface area contributed by atoms with Crippen molar-refractivity contribution in [1.82, 2.24) is 15.5 Å². The fourth-order valence-corrected chi connectivity index (χ4v) is 6.56. The van der Waals surface area contributed by atoms with E-state index >= 15 is 0 Å². The topological polar surface area (TPSA) is 171 Å². The van der Waals surface area contributed by atoms with E-state index < -0.39 is 35.8 Å². The molecular weight excluding hydrogens is 672 g/mol. The van der Waals surface area contributed by atoms with E-state index in [2.05, 4.69) is 40.2 Å². The van der Waals surface area contributed by atoms with Crippen LogP contribution in [0.4, 0.5) is 10.5 Å². The number of anilines is 1. The molecule has 3 aliphatic rings. The molecule has 3 aromatic rings. The molecular formula is C38H42N4O10. The van der Waals surface area contributed by atoms with Gasteiger partial charge in [0, 0.05) is 31.1 Å². The fraction of sp³-hybridized carbons (Fsp3) is 0.395. The van der Waals surface area contributed by atoms with Gasteiger partial charge in [-0.2, -0.15) is 0 Å². The Labute approximate surface area is 301 Å². The van der Waals surface area contributed by atoms with Gasteiger partial charge in [-0.3, -0.25) is 29.4 Å². The zero-order valence-corrected chi connectivity index (χ0v) is 28.7. The van der Waals surface area contributed by atoms with Crippen molar-refractivity contribution in [3.05, 3.63) is 89.0 Å². The van der Waals surface area contributed by atoms with Gasteiger partial charge in [0.25, 0.3) is 11.8 Å². The average molecular weight is 715 g/mol. The maximum absolute atomic E-state index is 13.2. The Hall–Kier alpha value is -5.15. The van der Waals surface area contributed by atoms with Gasteiger partial charge < -0.3 is 34.3 Å². The number of ether oxygens (including phenoxy) is 5. The van der Waals surface area contributed by atoms with E-state index in [1.165, 1.54) is 22.3 Å². The zero-order valence-electron chi connectivity index (χ0n) is 28.7. The third-order valence-corrected chi connectivity index (χ3v) is 9.01. The Balaban J connectivity index is 0.753. The first-order valence-corrected chi connectivity index (χ1v) is 17.4. The van der Waals surface area contributed by atoms with Crippen LogP contribution in [0, 0.1) is 0 Å². The highest BCUT2D eigenvalue weighted by atomic mass is 16.6. The fourth-order valence-electron chi connectivity index (χ4n) is 6.56. The molecule has 0 spiro atoms. The van der Waals surface area contributed by atoms with Crippen molar-refractivity contribution in [2.45, 2.75) is 24.8 Å². The van der Waals surface area contributed by atoms with Crippen LogP contribution in [0.2, 0.25) is 0 Å². The van der Waals surface area contributed by atoms with Gasteiger partial charge >= 0.3 is 6.09 Å². The van der Waals surface area contributed by atoms with Crippen LogP contribution >= 0.6 is 0 Å². The second kappa shape index (κ2) is 17.9.